The summed E-state index contributed by atoms with van der Waals surface area (Å²) >= 11 is 7.23. The molecule has 0 spiro atoms. The maximum atomic E-state index is 13.6. The lowest BCUT2D eigenvalue weighted by Crippen LogP contribution is -2.25. The van der Waals surface area contributed by atoms with Crippen LogP contribution in [0.5, 0.6) is 0 Å². The van der Waals surface area contributed by atoms with E-state index in [1.807, 2.05) is 6.07 Å². The maximum absolute atomic E-state index is 13.6. The van der Waals surface area contributed by atoms with Gasteiger partial charge in [-0.25, -0.2) is 4.39 Å². The van der Waals surface area contributed by atoms with Crippen LogP contribution in [0.1, 0.15) is 17.4 Å². The van der Waals surface area contributed by atoms with Crippen LogP contribution in [0.25, 0.3) is 0 Å². The lowest BCUT2D eigenvalue weighted by atomic mass is 9.91. The minimum atomic E-state index is -1.22. The molecule has 0 saturated carbocycles. The zero-order valence-electron chi connectivity index (χ0n) is 9.28. The van der Waals surface area contributed by atoms with Crippen LogP contribution in [-0.2, 0) is 12.0 Å². The van der Waals surface area contributed by atoms with Crippen LogP contribution in [0.3, 0.4) is 0 Å². The largest absolute Gasteiger partial charge is 0.385 e. The minimum absolute atomic E-state index is 0.310. The van der Waals surface area contributed by atoms with Gasteiger partial charge < -0.3 is 5.11 Å². The highest BCUT2D eigenvalue weighted by molar-refractivity contribution is 7.16. The van der Waals surface area contributed by atoms with Crippen LogP contribution in [0.4, 0.5) is 4.39 Å². The van der Waals surface area contributed by atoms with Crippen LogP contribution in [0, 0.1) is 5.82 Å². The highest BCUT2D eigenvalue weighted by Gasteiger charge is 2.27. The van der Waals surface area contributed by atoms with Crippen molar-refractivity contribution in [2.75, 3.05) is 0 Å². The van der Waals surface area contributed by atoms with Crippen molar-refractivity contribution >= 4 is 22.9 Å². The number of aliphatic hydroxyl groups is 1. The Labute approximate surface area is 108 Å². The molecule has 4 heteroatoms. The Kier molecular flexibility index (Phi) is 3.52. The quantitative estimate of drug-likeness (QED) is 0.894. The zero-order valence-corrected chi connectivity index (χ0v) is 10.9. The fourth-order valence-corrected chi connectivity index (χ4v) is 3.02. The summed E-state index contributed by atoms with van der Waals surface area (Å²) in [4.78, 5) is 0.934. The zero-order chi connectivity index (χ0) is 12.5. The normalized spacial score (nSPS) is 14.6. The predicted octanol–water partition coefficient (Wildman–Crippen LogP) is 3.99. The van der Waals surface area contributed by atoms with Gasteiger partial charge in [-0.2, -0.15) is 0 Å². The molecule has 1 heterocycles. The van der Waals surface area contributed by atoms with Gasteiger partial charge in [0, 0.05) is 16.9 Å². The molecule has 0 radical (unpaired) electrons. The van der Waals surface area contributed by atoms with E-state index in [-0.39, 0.29) is 5.82 Å². The van der Waals surface area contributed by atoms with Crippen molar-refractivity contribution in [2.24, 2.45) is 0 Å². The summed E-state index contributed by atoms with van der Waals surface area (Å²) in [6.07, 6.45) is 0.353. The first-order valence-corrected chi connectivity index (χ1v) is 6.40. The summed E-state index contributed by atoms with van der Waals surface area (Å²) in [5.74, 6) is -0.389. The van der Waals surface area contributed by atoms with E-state index in [2.05, 4.69) is 0 Å². The summed E-state index contributed by atoms with van der Waals surface area (Å²) in [5, 5.41) is 10.4. The number of halogens is 2. The summed E-state index contributed by atoms with van der Waals surface area (Å²) in [6.45, 7) is 1.61. The second kappa shape index (κ2) is 4.77. The third-order valence-corrected chi connectivity index (χ3v) is 3.83. The van der Waals surface area contributed by atoms with Crippen molar-refractivity contribution in [3.05, 3.63) is 57.0 Å². The Morgan fingerprint density at radius 1 is 1.29 bits per heavy atom. The van der Waals surface area contributed by atoms with Crippen LogP contribution >= 0.6 is 22.9 Å². The molecule has 0 aliphatic heterocycles. The Balaban J connectivity index is 2.27. The lowest BCUT2D eigenvalue weighted by Gasteiger charge is -2.23. The molecule has 1 unspecified atom stereocenters. The van der Waals surface area contributed by atoms with E-state index in [1.54, 1.807) is 31.2 Å². The third-order valence-electron chi connectivity index (χ3n) is 2.60. The van der Waals surface area contributed by atoms with E-state index in [0.29, 0.717) is 16.3 Å². The fraction of sp³-hybridized carbons (Fsp3) is 0.231. The van der Waals surface area contributed by atoms with Crippen LogP contribution in [-0.4, -0.2) is 5.11 Å². The topological polar surface area (TPSA) is 20.2 Å². The smallest absolute Gasteiger partial charge is 0.129 e. The van der Waals surface area contributed by atoms with Gasteiger partial charge in [-0.1, -0.05) is 29.8 Å². The average Bonchev–Trinajstić information content (AvgIpc) is 2.63. The molecule has 1 nitrogen and oxygen atoms in total. The van der Waals surface area contributed by atoms with Gasteiger partial charge in [-0.05, 0) is 25.1 Å². The molecule has 17 heavy (non-hydrogen) atoms. The molecule has 0 saturated heterocycles. The van der Waals surface area contributed by atoms with Gasteiger partial charge in [-0.3, -0.25) is 0 Å². The summed E-state index contributed by atoms with van der Waals surface area (Å²) in [6, 6.07) is 9.91. The molecule has 1 atom stereocenters. The number of hydrogen-bond acceptors (Lipinski definition) is 2. The van der Waals surface area contributed by atoms with Crippen LogP contribution < -0.4 is 0 Å². The maximum Gasteiger partial charge on any atom is 0.129 e. The van der Waals surface area contributed by atoms with E-state index >= 15 is 0 Å². The molecule has 1 aromatic heterocycles. The summed E-state index contributed by atoms with van der Waals surface area (Å²) in [7, 11) is 0. The molecular formula is C13H12ClFOS. The molecule has 1 N–H and O–H groups in total. The SMILES string of the molecule is CC(O)(Cc1ccc(Cl)s1)c1ccccc1F. The molecular weight excluding hydrogens is 259 g/mol. The molecule has 2 aromatic rings. The Hall–Kier alpha value is -0.900. The number of rotatable bonds is 3. The van der Waals surface area contributed by atoms with Gasteiger partial charge in [0.05, 0.1) is 9.94 Å². The van der Waals surface area contributed by atoms with Gasteiger partial charge >= 0.3 is 0 Å². The number of benzene rings is 1. The van der Waals surface area contributed by atoms with Gasteiger partial charge in [0.25, 0.3) is 0 Å². The molecule has 2 rings (SSSR count). The first-order valence-electron chi connectivity index (χ1n) is 5.20. The van der Waals surface area contributed by atoms with Gasteiger partial charge in [0.2, 0.25) is 0 Å². The Bertz CT molecular complexity index is 522. The van der Waals surface area contributed by atoms with Crippen molar-refractivity contribution in [3.63, 3.8) is 0 Å². The Morgan fingerprint density at radius 2 is 2.00 bits per heavy atom. The third kappa shape index (κ3) is 2.86. The number of thiophene rings is 1. The Morgan fingerprint density at radius 3 is 2.59 bits per heavy atom. The monoisotopic (exact) mass is 270 g/mol. The molecule has 0 fully saturated rings. The van der Waals surface area contributed by atoms with Crippen LogP contribution in [0.15, 0.2) is 36.4 Å². The first kappa shape index (κ1) is 12.6. The van der Waals surface area contributed by atoms with E-state index in [4.69, 9.17) is 11.6 Å². The van der Waals surface area contributed by atoms with Gasteiger partial charge in [0.1, 0.15) is 5.82 Å². The van der Waals surface area contributed by atoms with Gasteiger partial charge in [0.15, 0.2) is 0 Å². The first-order chi connectivity index (χ1) is 7.99. The standard InChI is InChI=1S/C13H12ClFOS/c1-13(16,8-9-6-7-12(14)17-9)10-4-2-3-5-11(10)15/h2-7,16H,8H2,1H3. The van der Waals surface area contributed by atoms with Gasteiger partial charge in [-0.15, -0.1) is 11.3 Å². The summed E-state index contributed by atoms with van der Waals surface area (Å²) in [5.41, 5.74) is -0.913. The highest BCUT2D eigenvalue weighted by atomic mass is 35.5. The molecule has 90 valence electrons. The lowest BCUT2D eigenvalue weighted by molar-refractivity contribution is 0.0546. The van der Waals surface area contributed by atoms with E-state index in [9.17, 15) is 9.50 Å². The molecule has 0 aliphatic rings. The predicted molar refractivity (Wildman–Crippen MR) is 69.0 cm³/mol. The molecule has 0 bridgehead atoms. The summed E-state index contributed by atoms with van der Waals surface area (Å²) < 4.78 is 14.3. The van der Waals surface area contributed by atoms with Crippen LogP contribution in [0.2, 0.25) is 4.34 Å². The fourth-order valence-electron chi connectivity index (χ4n) is 1.78. The van der Waals surface area contributed by atoms with Crippen molar-refractivity contribution < 1.29 is 9.50 Å². The van der Waals surface area contributed by atoms with Crippen molar-refractivity contribution in [1.29, 1.82) is 0 Å². The second-order valence-electron chi connectivity index (χ2n) is 4.14. The highest BCUT2D eigenvalue weighted by Crippen LogP contribution is 2.31. The van der Waals surface area contributed by atoms with Crippen molar-refractivity contribution in [3.8, 4) is 0 Å². The minimum Gasteiger partial charge on any atom is -0.385 e. The van der Waals surface area contributed by atoms with E-state index < -0.39 is 5.60 Å². The molecule has 0 aliphatic carbocycles. The molecule has 1 aromatic carbocycles. The van der Waals surface area contributed by atoms with Crippen molar-refractivity contribution in [1.82, 2.24) is 0 Å². The van der Waals surface area contributed by atoms with E-state index in [1.165, 1.54) is 17.4 Å². The second-order valence-corrected chi connectivity index (χ2v) is 5.94. The average molecular weight is 271 g/mol. The number of hydrogen-bond donors (Lipinski definition) is 1. The molecule has 0 amide bonds. The van der Waals surface area contributed by atoms with E-state index in [0.717, 1.165) is 4.88 Å². The van der Waals surface area contributed by atoms with Crippen molar-refractivity contribution in [2.45, 2.75) is 18.9 Å².